The lowest BCUT2D eigenvalue weighted by Gasteiger charge is -2.22. The molecule has 0 aromatic carbocycles. The number of terminal acetylenes is 1. The van der Waals surface area contributed by atoms with Crippen LogP contribution in [-0.2, 0) is 4.79 Å². The van der Waals surface area contributed by atoms with Crippen LogP contribution in [0, 0.1) is 18.3 Å². The molecule has 0 fully saturated rings. The molecule has 0 aromatic heterocycles. The summed E-state index contributed by atoms with van der Waals surface area (Å²) in [7, 11) is 0. The molecule has 0 rings (SSSR count). The Hall–Kier alpha value is -1.70. The maximum absolute atomic E-state index is 11.8. The van der Waals surface area contributed by atoms with E-state index in [1.165, 1.54) is 0 Å². The maximum Gasteiger partial charge on any atom is 0.323 e. The first-order valence-corrected chi connectivity index (χ1v) is 6.57. The van der Waals surface area contributed by atoms with Crippen LogP contribution in [0.1, 0.15) is 40.0 Å². The van der Waals surface area contributed by atoms with Gasteiger partial charge in [0.15, 0.2) is 0 Å². The molecular formula is C14H24N2O3. The van der Waals surface area contributed by atoms with E-state index >= 15 is 0 Å². The standard InChI is InChI=1S/C14H24N2O3/c1-5-9-16(10-13(17)18)14(19)15-12(4)8-6-7-11(2)3/h1,11-12H,6-10H2,2-4H3,(H,15,19)(H,17,18). The van der Waals surface area contributed by atoms with Crippen LogP contribution >= 0.6 is 0 Å². The van der Waals surface area contributed by atoms with Gasteiger partial charge in [-0.15, -0.1) is 6.42 Å². The summed E-state index contributed by atoms with van der Waals surface area (Å²) in [6.07, 6.45) is 8.15. The second-order valence-corrected chi connectivity index (χ2v) is 5.13. The van der Waals surface area contributed by atoms with Crippen LogP contribution in [0.5, 0.6) is 0 Å². The minimum absolute atomic E-state index is 0.00313. The summed E-state index contributed by atoms with van der Waals surface area (Å²) >= 11 is 0. The molecule has 0 saturated heterocycles. The Kier molecular flexibility index (Phi) is 8.43. The van der Waals surface area contributed by atoms with Crippen molar-refractivity contribution >= 4 is 12.0 Å². The van der Waals surface area contributed by atoms with Gasteiger partial charge in [-0.05, 0) is 19.3 Å². The molecule has 0 aliphatic heterocycles. The number of nitrogens with zero attached hydrogens (tertiary/aromatic N) is 1. The van der Waals surface area contributed by atoms with Gasteiger partial charge in [-0.25, -0.2) is 4.79 Å². The van der Waals surface area contributed by atoms with Gasteiger partial charge >= 0.3 is 12.0 Å². The van der Waals surface area contributed by atoms with E-state index in [2.05, 4.69) is 25.1 Å². The average molecular weight is 268 g/mol. The highest BCUT2D eigenvalue weighted by atomic mass is 16.4. The van der Waals surface area contributed by atoms with Gasteiger partial charge in [-0.3, -0.25) is 4.79 Å². The van der Waals surface area contributed by atoms with Crippen molar-refractivity contribution in [2.45, 2.75) is 46.1 Å². The van der Waals surface area contributed by atoms with Crippen LogP contribution < -0.4 is 5.32 Å². The fourth-order valence-electron chi connectivity index (χ4n) is 1.68. The molecule has 2 N–H and O–H groups in total. The highest BCUT2D eigenvalue weighted by molar-refractivity contribution is 5.80. The number of nitrogens with one attached hydrogen (secondary N) is 1. The first-order chi connectivity index (χ1) is 8.86. The quantitative estimate of drug-likeness (QED) is 0.661. The highest BCUT2D eigenvalue weighted by Gasteiger charge is 2.17. The number of carboxylic acid groups (broad SMARTS) is 1. The van der Waals surface area contributed by atoms with Gasteiger partial charge in [0.2, 0.25) is 0 Å². The number of amides is 2. The molecular weight excluding hydrogens is 244 g/mol. The number of hydrogen-bond acceptors (Lipinski definition) is 2. The number of carboxylic acids is 1. The first-order valence-electron chi connectivity index (χ1n) is 6.57. The number of rotatable bonds is 8. The van der Waals surface area contributed by atoms with Gasteiger partial charge in [0, 0.05) is 6.04 Å². The van der Waals surface area contributed by atoms with Crippen molar-refractivity contribution in [3.63, 3.8) is 0 Å². The Morgan fingerprint density at radius 3 is 2.42 bits per heavy atom. The molecule has 0 heterocycles. The predicted octanol–water partition coefficient (Wildman–Crippen LogP) is 1.93. The third-order valence-electron chi connectivity index (χ3n) is 2.68. The number of carbonyl (C=O) groups excluding carboxylic acids is 1. The lowest BCUT2D eigenvalue weighted by molar-refractivity contribution is -0.137. The molecule has 108 valence electrons. The molecule has 19 heavy (non-hydrogen) atoms. The van der Waals surface area contributed by atoms with E-state index in [1.54, 1.807) is 0 Å². The van der Waals surface area contributed by atoms with Gasteiger partial charge in [0.05, 0.1) is 6.54 Å². The molecule has 0 aliphatic rings. The lowest BCUT2D eigenvalue weighted by atomic mass is 10.0. The topological polar surface area (TPSA) is 69.6 Å². The summed E-state index contributed by atoms with van der Waals surface area (Å²) in [6.45, 7) is 5.84. The summed E-state index contributed by atoms with van der Waals surface area (Å²) in [6, 6.07) is -0.405. The largest absolute Gasteiger partial charge is 0.480 e. The summed E-state index contributed by atoms with van der Waals surface area (Å²) in [4.78, 5) is 23.6. The number of hydrogen-bond donors (Lipinski definition) is 2. The number of carbonyl (C=O) groups is 2. The third-order valence-corrected chi connectivity index (χ3v) is 2.68. The molecule has 0 aromatic rings. The number of aliphatic carboxylic acids is 1. The minimum atomic E-state index is -1.07. The van der Waals surface area contributed by atoms with E-state index in [4.69, 9.17) is 11.5 Å². The van der Waals surface area contributed by atoms with Crippen molar-refractivity contribution in [3.8, 4) is 12.3 Å². The van der Waals surface area contributed by atoms with Crippen LogP contribution in [0.15, 0.2) is 0 Å². The fourth-order valence-corrected chi connectivity index (χ4v) is 1.68. The van der Waals surface area contributed by atoms with Crippen LogP contribution in [0.3, 0.4) is 0 Å². The highest BCUT2D eigenvalue weighted by Crippen LogP contribution is 2.08. The number of urea groups is 1. The third kappa shape index (κ3) is 8.95. The zero-order chi connectivity index (χ0) is 14.8. The molecule has 0 aliphatic carbocycles. The SMILES string of the molecule is C#CCN(CC(=O)O)C(=O)NC(C)CCCC(C)C. The Morgan fingerprint density at radius 1 is 1.32 bits per heavy atom. The molecule has 0 saturated carbocycles. The van der Waals surface area contributed by atoms with E-state index < -0.39 is 12.0 Å². The van der Waals surface area contributed by atoms with E-state index in [9.17, 15) is 9.59 Å². The molecule has 0 radical (unpaired) electrons. The van der Waals surface area contributed by atoms with E-state index in [0.717, 1.165) is 24.2 Å². The van der Waals surface area contributed by atoms with E-state index in [1.807, 2.05) is 6.92 Å². The monoisotopic (exact) mass is 268 g/mol. The molecule has 5 nitrogen and oxygen atoms in total. The van der Waals surface area contributed by atoms with Crippen molar-refractivity contribution in [1.29, 1.82) is 0 Å². The lowest BCUT2D eigenvalue weighted by Crippen LogP contribution is -2.46. The van der Waals surface area contributed by atoms with Gasteiger partial charge in [-0.1, -0.05) is 32.6 Å². The Labute approximate surface area is 115 Å². The molecule has 5 heteroatoms. The molecule has 0 bridgehead atoms. The summed E-state index contributed by atoms with van der Waals surface area (Å²) in [5.74, 6) is 1.86. The van der Waals surface area contributed by atoms with Crippen molar-refractivity contribution in [2.75, 3.05) is 13.1 Å². The van der Waals surface area contributed by atoms with Gasteiger partial charge in [-0.2, -0.15) is 0 Å². The van der Waals surface area contributed by atoms with Crippen molar-refractivity contribution in [3.05, 3.63) is 0 Å². The Morgan fingerprint density at radius 2 is 1.95 bits per heavy atom. The Bertz CT molecular complexity index is 334. The molecule has 2 amide bonds. The van der Waals surface area contributed by atoms with Crippen molar-refractivity contribution in [2.24, 2.45) is 5.92 Å². The normalized spacial score (nSPS) is 11.7. The second kappa shape index (κ2) is 9.26. The van der Waals surface area contributed by atoms with E-state index in [-0.39, 0.29) is 19.1 Å². The summed E-state index contributed by atoms with van der Waals surface area (Å²) in [5.41, 5.74) is 0. The van der Waals surface area contributed by atoms with Crippen LogP contribution in [0.25, 0.3) is 0 Å². The van der Waals surface area contributed by atoms with Crippen molar-refractivity contribution in [1.82, 2.24) is 10.2 Å². The summed E-state index contributed by atoms with van der Waals surface area (Å²) < 4.78 is 0. The maximum atomic E-state index is 11.8. The molecule has 0 spiro atoms. The molecule has 1 unspecified atom stereocenters. The predicted molar refractivity (Wildman–Crippen MR) is 74.7 cm³/mol. The van der Waals surface area contributed by atoms with E-state index in [0.29, 0.717) is 5.92 Å². The zero-order valence-corrected chi connectivity index (χ0v) is 12.0. The molecule has 1 atom stereocenters. The summed E-state index contributed by atoms with van der Waals surface area (Å²) in [5, 5.41) is 11.5. The van der Waals surface area contributed by atoms with Crippen molar-refractivity contribution < 1.29 is 14.7 Å². The fraction of sp³-hybridized carbons (Fsp3) is 0.714. The van der Waals surface area contributed by atoms with Crippen LogP contribution in [0.4, 0.5) is 4.79 Å². The van der Waals surface area contributed by atoms with Crippen LogP contribution in [0.2, 0.25) is 0 Å². The van der Waals surface area contributed by atoms with Gasteiger partial charge < -0.3 is 15.3 Å². The Balaban J connectivity index is 4.16. The second-order valence-electron chi connectivity index (χ2n) is 5.13. The first kappa shape index (κ1) is 17.3. The minimum Gasteiger partial charge on any atom is -0.480 e. The van der Waals surface area contributed by atoms with Crippen LogP contribution in [-0.4, -0.2) is 41.1 Å². The average Bonchev–Trinajstić information content (AvgIpc) is 2.27. The van der Waals surface area contributed by atoms with Gasteiger partial charge in [0.1, 0.15) is 6.54 Å². The zero-order valence-electron chi connectivity index (χ0n) is 12.0. The smallest absolute Gasteiger partial charge is 0.323 e. The van der Waals surface area contributed by atoms with Gasteiger partial charge in [0.25, 0.3) is 0 Å².